The molecule has 3 heterocycles. The van der Waals surface area contributed by atoms with Crippen molar-refractivity contribution in [1.29, 1.82) is 0 Å². The van der Waals surface area contributed by atoms with Gasteiger partial charge in [-0.25, -0.2) is 9.37 Å². The average Bonchev–Trinajstić information content (AvgIpc) is 2.99. The summed E-state index contributed by atoms with van der Waals surface area (Å²) >= 11 is 4.75. The number of ether oxygens (including phenoxy) is 1. The van der Waals surface area contributed by atoms with Gasteiger partial charge in [0.15, 0.2) is 0 Å². The average molecular weight is 435 g/mol. The standard InChI is InChI=1S/C17H12BrFN4O2S/c1-8-13(18)9(7-25-2)12-14-15(26-16(12)20-8)17(24)23(22-21-14)11-6-4-3-5-10(11)19/h3-6H,7H2,1-2H3. The van der Waals surface area contributed by atoms with E-state index in [9.17, 15) is 9.18 Å². The van der Waals surface area contributed by atoms with E-state index in [1.54, 1.807) is 19.2 Å². The summed E-state index contributed by atoms with van der Waals surface area (Å²) in [6.45, 7) is 2.21. The number of aromatic nitrogens is 4. The van der Waals surface area contributed by atoms with Gasteiger partial charge in [0.2, 0.25) is 0 Å². The lowest BCUT2D eigenvalue weighted by Gasteiger charge is -2.08. The van der Waals surface area contributed by atoms with Crippen LogP contribution >= 0.6 is 27.3 Å². The molecular weight excluding hydrogens is 423 g/mol. The van der Waals surface area contributed by atoms with Crippen LogP contribution in [0, 0.1) is 12.7 Å². The zero-order valence-electron chi connectivity index (χ0n) is 13.8. The van der Waals surface area contributed by atoms with Crippen LogP contribution in [-0.2, 0) is 11.3 Å². The summed E-state index contributed by atoms with van der Waals surface area (Å²) in [5.74, 6) is -0.541. The summed E-state index contributed by atoms with van der Waals surface area (Å²) in [5.41, 5.74) is 1.73. The first-order chi connectivity index (χ1) is 12.5. The molecule has 4 rings (SSSR count). The van der Waals surface area contributed by atoms with Gasteiger partial charge >= 0.3 is 0 Å². The first-order valence-electron chi connectivity index (χ1n) is 7.64. The zero-order valence-corrected chi connectivity index (χ0v) is 16.2. The molecule has 26 heavy (non-hydrogen) atoms. The fraction of sp³-hybridized carbons (Fsp3) is 0.176. The van der Waals surface area contributed by atoms with Crippen molar-refractivity contribution in [3.63, 3.8) is 0 Å². The Kier molecular flexibility index (Phi) is 4.29. The van der Waals surface area contributed by atoms with E-state index in [0.29, 0.717) is 21.7 Å². The number of methoxy groups -OCH3 is 1. The van der Waals surface area contributed by atoms with Gasteiger partial charge < -0.3 is 4.74 Å². The first-order valence-corrected chi connectivity index (χ1v) is 9.25. The van der Waals surface area contributed by atoms with Gasteiger partial charge in [-0.3, -0.25) is 4.79 Å². The summed E-state index contributed by atoms with van der Waals surface area (Å²) in [4.78, 5) is 18.1. The molecule has 6 nitrogen and oxygen atoms in total. The van der Waals surface area contributed by atoms with E-state index >= 15 is 0 Å². The van der Waals surface area contributed by atoms with Crippen LogP contribution in [0.3, 0.4) is 0 Å². The number of benzene rings is 1. The summed E-state index contributed by atoms with van der Waals surface area (Å²) in [7, 11) is 1.60. The molecule has 0 atom stereocenters. The zero-order chi connectivity index (χ0) is 18.4. The second kappa shape index (κ2) is 6.49. The Morgan fingerprint density at radius 2 is 2.12 bits per heavy atom. The quantitative estimate of drug-likeness (QED) is 0.491. The topological polar surface area (TPSA) is 69.9 Å². The van der Waals surface area contributed by atoms with E-state index in [2.05, 4.69) is 31.2 Å². The molecule has 0 saturated carbocycles. The van der Waals surface area contributed by atoms with Gasteiger partial charge in [-0.15, -0.1) is 16.4 Å². The number of halogens is 2. The number of thiophene rings is 1. The number of hydrogen-bond acceptors (Lipinski definition) is 6. The maximum absolute atomic E-state index is 14.1. The van der Waals surface area contributed by atoms with Crippen molar-refractivity contribution in [2.75, 3.05) is 7.11 Å². The summed E-state index contributed by atoms with van der Waals surface area (Å²) in [6, 6.07) is 5.95. The highest BCUT2D eigenvalue weighted by Gasteiger charge is 2.21. The monoisotopic (exact) mass is 434 g/mol. The van der Waals surface area contributed by atoms with Crippen LogP contribution in [0.15, 0.2) is 33.5 Å². The predicted molar refractivity (Wildman–Crippen MR) is 101 cm³/mol. The maximum Gasteiger partial charge on any atom is 0.292 e. The van der Waals surface area contributed by atoms with Crippen molar-refractivity contribution in [3.8, 4) is 5.69 Å². The van der Waals surface area contributed by atoms with Gasteiger partial charge in [-0.05, 0) is 35.0 Å². The Hall–Kier alpha value is -2.23. The molecule has 4 aromatic rings. The smallest absolute Gasteiger partial charge is 0.292 e. The SMILES string of the molecule is COCc1c(Br)c(C)nc2sc3c(=O)n(-c4ccccc4F)nnc3c12. The largest absolute Gasteiger partial charge is 0.380 e. The van der Waals surface area contributed by atoms with Crippen LogP contribution in [0.4, 0.5) is 4.39 Å². The van der Waals surface area contributed by atoms with Crippen LogP contribution in [0.5, 0.6) is 0 Å². The molecule has 0 saturated heterocycles. The minimum absolute atomic E-state index is 0.0618. The normalized spacial score (nSPS) is 11.5. The van der Waals surface area contributed by atoms with Crippen LogP contribution in [0.2, 0.25) is 0 Å². The second-order valence-electron chi connectivity index (χ2n) is 5.64. The molecule has 1 aromatic carbocycles. The Morgan fingerprint density at radius 1 is 1.35 bits per heavy atom. The van der Waals surface area contributed by atoms with Gasteiger partial charge in [0.25, 0.3) is 5.56 Å². The predicted octanol–water partition coefficient (Wildman–Crippen LogP) is 3.75. The summed E-state index contributed by atoms with van der Waals surface area (Å²) < 4.78 is 21.5. The van der Waals surface area contributed by atoms with E-state index in [-0.39, 0.29) is 5.69 Å². The van der Waals surface area contributed by atoms with E-state index in [0.717, 1.165) is 25.8 Å². The number of hydrogen-bond donors (Lipinski definition) is 0. The van der Waals surface area contributed by atoms with Crippen molar-refractivity contribution in [1.82, 2.24) is 20.0 Å². The highest BCUT2D eigenvalue weighted by Crippen LogP contribution is 2.36. The van der Waals surface area contributed by atoms with Gasteiger partial charge in [0, 0.05) is 22.5 Å². The summed E-state index contributed by atoms with van der Waals surface area (Å²) in [6.07, 6.45) is 0. The van der Waals surface area contributed by atoms with E-state index in [4.69, 9.17) is 4.74 Å². The Morgan fingerprint density at radius 3 is 2.85 bits per heavy atom. The molecule has 0 aliphatic heterocycles. The molecule has 0 bridgehead atoms. The lowest BCUT2D eigenvalue weighted by Crippen LogP contribution is -2.22. The number of rotatable bonds is 3. The molecule has 0 amide bonds. The molecule has 0 N–H and O–H groups in total. The van der Waals surface area contributed by atoms with Crippen LogP contribution in [0.25, 0.3) is 26.1 Å². The molecule has 0 aliphatic carbocycles. The fourth-order valence-electron chi connectivity index (χ4n) is 2.82. The number of pyridine rings is 1. The van der Waals surface area contributed by atoms with Crippen molar-refractivity contribution >= 4 is 47.7 Å². The third-order valence-corrected chi connectivity index (χ3v) is 6.12. The summed E-state index contributed by atoms with van der Waals surface area (Å²) in [5, 5.41) is 8.88. The van der Waals surface area contributed by atoms with E-state index < -0.39 is 11.4 Å². The van der Waals surface area contributed by atoms with Crippen molar-refractivity contribution in [2.45, 2.75) is 13.5 Å². The molecule has 0 fully saturated rings. The number of aryl methyl sites for hydroxylation is 1. The van der Waals surface area contributed by atoms with Crippen LogP contribution in [-0.4, -0.2) is 27.1 Å². The van der Waals surface area contributed by atoms with Crippen molar-refractivity contribution < 1.29 is 9.13 Å². The van der Waals surface area contributed by atoms with Gasteiger partial charge in [-0.2, -0.15) is 4.68 Å². The maximum atomic E-state index is 14.1. The first kappa shape index (κ1) is 17.2. The molecule has 132 valence electrons. The molecule has 0 spiro atoms. The lowest BCUT2D eigenvalue weighted by atomic mass is 10.1. The number of nitrogens with zero attached hydrogens (tertiary/aromatic N) is 4. The van der Waals surface area contributed by atoms with Gasteiger partial charge in [0.1, 0.15) is 26.6 Å². The molecule has 9 heteroatoms. The minimum atomic E-state index is -0.541. The Balaban J connectivity index is 2.09. The van der Waals surface area contributed by atoms with E-state index in [1.807, 2.05) is 6.92 Å². The van der Waals surface area contributed by atoms with Crippen molar-refractivity contribution in [2.24, 2.45) is 0 Å². The number of fused-ring (bicyclic) bond motifs is 3. The van der Waals surface area contributed by atoms with Crippen LogP contribution < -0.4 is 5.56 Å². The highest BCUT2D eigenvalue weighted by atomic mass is 79.9. The van der Waals surface area contributed by atoms with Crippen molar-refractivity contribution in [3.05, 3.63) is 56.2 Å². The minimum Gasteiger partial charge on any atom is -0.380 e. The third-order valence-electron chi connectivity index (χ3n) is 4.01. The fourth-order valence-corrected chi connectivity index (χ4v) is 4.33. The third kappa shape index (κ3) is 2.54. The van der Waals surface area contributed by atoms with Gasteiger partial charge in [0.05, 0.1) is 12.3 Å². The van der Waals surface area contributed by atoms with Crippen LogP contribution in [0.1, 0.15) is 11.3 Å². The Bertz CT molecular complexity index is 1220. The van der Waals surface area contributed by atoms with Gasteiger partial charge in [-0.1, -0.05) is 17.3 Å². The molecule has 0 aliphatic rings. The molecular formula is C17H12BrFN4O2S. The Labute approximate surface area is 159 Å². The molecule has 0 radical (unpaired) electrons. The second-order valence-corrected chi connectivity index (χ2v) is 7.43. The lowest BCUT2D eigenvalue weighted by molar-refractivity contribution is 0.185. The highest BCUT2D eigenvalue weighted by molar-refractivity contribution is 9.10. The molecule has 3 aromatic heterocycles. The number of para-hydroxylation sites is 1. The molecule has 0 unspecified atom stereocenters. The van der Waals surface area contributed by atoms with E-state index in [1.165, 1.54) is 23.5 Å².